The Bertz CT molecular complexity index is 315. The second-order valence-corrected chi connectivity index (χ2v) is 4.75. The zero-order chi connectivity index (χ0) is 8.72. The normalized spacial score (nSPS) is 21.1. The van der Waals surface area contributed by atoms with Gasteiger partial charge in [0.1, 0.15) is 0 Å². The van der Waals surface area contributed by atoms with E-state index in [-0.39, 0.29) is 0 Å². The molecule has 0 saturated carbocycles. The van der Waals surface area contributed by atoms with E-state index in [0.29, 0.717) is 0 Å². The van der Waals surface area contributed by atoms with Gasteiger partial charge in [0, 0.05) is 10.6 Å². The molecule has 0 saturated heterocycles. The van der Waals surface area contributed by atoms with Gasteiger partial charge >= 0.3 is 0 Å². The number of benzene rings is 1. The summed E-state index contributed by atoms with van der Waals surface area (Å²) < 4.78 is 0. The van der Waals surface area contributed by atoms with Gasteiger partial charge in [-0.1, -0.05) is 13.0 Å². The molecule has 2 rings (SSSR count). The van der Waals surface area contributed by atoms with Crippen molar-refractivity contribution in [3.05, 3.63) is 28.8 Å². The van der Waals surface area contributed by atoms with Gasteiger partial charge in [-0.05, 0) is 42.5 Å². The Morgan fingerprint density at radius 2 is 1.92 bits per heavy atom. The topological polar surface area (TPSA) is 0 Å². The molecule has 1 aromatic carbocycles. The Hall–Kier alpha value is -0.430. The molecule has 0 aliphatic carbocycles. The number of rotatable bonds is 0. The maximum atomic E-state index is 2.36. The predicted molar refractivity (Wildman–Crippen MR) is 55.1 cm³/mol. The van der Waals surface area contributed by atoms with Crippen molar-refractivity contribution in [3.8, 4) is 0 Å². The average molecular weight is 178 g/mol. The van der Waals surface area contributed by atoms with Crippen molar-refractivity contribution in [2.75, 3.05) is 5.75 Å². The summed E-state index contributed by atoms with van der Waals surface area (Å²) >= 11 is 2.00. The van der Waals surface area contributed by atoms with Crippen LogP contribution in [-0.2, 0) is 0 Å². The summed E-state index contributed by atoms with van der Waals surface area (Å²) in [4.78, 5) is 1.51. The molecule has 1 aliphatic heterocycles. The lowest BCUT2D eigenvalue weighted by Crippen LogP contribution is -1.91. The van der Waals surface area contributed by atoms with Gasteiger partial charge in [-0.15, -0.1) is 11.8 Å². The van der Waals surface area contributed by atoms with E-state index in [0.717, 1.165) is 5.92 Å². The van der Waals surface area contributed by atoms with E-state index in [1.807, 2.05) is 11.8 Å². The zero-order valence-corrected chi connectivity index (χ0v) is 8.66. The third-order valence-corrected chi connectivity index (χ3v) is 3.98. The van der Waals surface area contributed by atoms with Crippen LogP contribution in [0.5, 0.6) is 0 Å². The van der Waals surface area contributed by atoms with Gasteiger partial charge in [0.05, 0.1) is 0 Å². The summed E-state index contributed by atoms with van der Waals surface area (Å²) in [5.74, 6) is 2.02. The number of hydrogen-bond acceptors (Lipinski definition) is 1. The SMILES string of the molecule is Cc1cc2c(cc1C)C(C)CS2. The maximum absolute atomic E-state index is 2.36. The first-order valence-electron chi connectivity index (χ1n) is 4.42. The summed E-state index contributed by atoms with van der Waals surface area (Å²) in [6.07, 6.45) is 0. The first kappa shape index (κ1) is 8.18. The van der Waals surface area contributed by atoms with Crippen LogP contribution in [0.25, 0.3) is 0 Å². The van der Waals surface area contributed by atoms with Crippen LogP contribution in [0.4, 0.5) is 0 Å². The van der Waals surface area contributed by atoms with Gasteiger partial charge in [0.2, 0.25) is 0 Å². The van der Waals surface area contributed by atoms with E-state index in [1.54, 1.807) is 5.56 Å². The second kappa shape index (κ2) is 2.81. The van der Waals surface area contributed by atoms with Crippen LogP contribution < -0.4 is 0 Å². The van der Waals surface area contributed by atoms with Gasteiger partial charge < -0.3 is 0 Å². The lowest BCUT2D eigenvalue weighted by Gasteiger charge is -2.06. The molecule has 1 unspecified atom stereocenters. The van der Waals surface area contributed by atoms with E-state index in [2.05, 4.69) is 32.9 Å². The van der Waals surface area contributed by atoms with Crippen LogP contribution in [-0.4, -0.2) is 5.75 Å². The number of aryl methyl sites for hydroxylation is 2. The molecule has 0 aromatic heterocycles. The quantitative estimate of drug-likeness (QED) is 0.586. The monoisotopic (exact) mass is 178 g/mol. The van der Waals surface area contributed by atoms with Crippen LogP contribution in [0.15, 0.2) is 17.0 Å². The highest BCUT2D eigenvalue weighted by atomic mass is 32.2. The molecule has 1 atom stereocenters. The maximum Gasteiger partial charge on any atom is 0.0110 e. The van der Waals surface area contributed by atoms with Crippen LogP contribution >= 0.6 is 11.8 Å². The third kappa shape index (κ3) is 1.16. The summed E-state index contributed by atoms with van der Waals surface area (Å²) in [5.41, 5.74) is 4.42. The van der Waals surface area contributed by atoms with E-state index in [9.17, 15) is 0 Å². The standard InChI is InChI=1S/C11H14S/c1-7-4-10-9(3)6-12-11(10)5-8(7)2/h4-5,9H,6H2,1-3H3. The van der Waals surface area contributed by atoms with Crippen LogP contribution in [0.3, 0.4) is 0 Å². The van der Waals surface area contributed by atoms with Crippen LogP contribution in [0.1, 0.15) is 29.5 Å². The summed E-state index contributed by atoms with van der Waals surface area (Å²) in [5, 5.41) is 0. The number of fused-ring (bicyclic) bond motifs is 1. The fourth-order valence-corrected chi connectivity index (χ4v) is 2.92. The molecule has 1 heterocycles. The Morgan fingerprint density at radius 1 is 1.25 bits per heavy atom. The molecule has 1 heteroatoms. The van der Waals surface area contributed by atoms with Crippen molar-refractivity contribution in [3.63, 3.8) is 0 Å². The molecule has 64 valence electrons. The van der Waals surface area contributed by atoms with Gasteiger partial charge in [0.15, 0.2) is 0 Å². The number of thioether (sulfide) groups is 1. The average Bonchev–Trinajstić information content (AvgIpc) is 2.35. The van der Waals surface area contributed by atoms with Crippen LogP contribution in [0.2, 0.25) is 0 Å². The number of hydrogen-bond donors (Lipinski definition) is 0. The predicted octanol–water partition coefficient (Wildman–Crippen LogP) is 3.51. The van der Waals surface area contributed by atoms with Crippen molar-refractivity contribution in [1.29, 1.82) is 0 Å². The molecule has 0 fully saturated rings. The molecule has 0 radical (unpaired) electrons. The molecule has 12 heavy (non-hydrogen) atoms. The zero-order valence-electron chi connectivity index (χ0n) is 7.85. The Morgan fingerprint density at radius 3 is 2.67 bits per heavy atom. The first-order valence-corrected chi connectivity index (χ1v) is 5.41. The molecule has 1 aliphatic rings. The Labute approximate surface area is 78.4 Å². The van der Waals surface area contributed by atoms with Crippen molar-refractivity contribution in [2.24, 2.45) is 0 Å². The van der Waals surface area contributed by atoms with Gasteiger partial charge in [-0.3, -0.25) is 0 Å². The van der Waals surface area contributed by atoms with E-state index >= 15 is 0 Å². The molecule has 0 nitrogen and oxygen atoms in total. The summed E-state index contributed by atoms with van der Waals surface area (Å²) in [7, 11) is 0. The van der Waals surface area contributed by atoms with Crippen molar-refractivity contribution >= 4 is 11.8 Å². The molecule has 0 N–H and O–H groups in total. The minimum atomic E-state index is 0.754. The molecular weight excluding hydrogens is 164 g/mol. The van der Waals surface area contributed by atoms with Gasteiger partial charge in [0.25, 0.3) is 0 Å². The Kier molecular flexibility index (Phi) is 1.91. The minimum absolute atomic E-state index is 0.754. The molecule has 0 bridgehead atoms. The molecule has 1 aromatic rings. The lowest BCUT2D eigenvalue weighted by atomic mass is 9.99. The smallest absolute Gasteiger partial charge is 0.0110 e. The summed E-state index contributed by atoms with van der Waals surface area (Å²) in [6.45, 7) is 6.71. The van der Waals surface area contributed by atoms with Crippen molar-refractivity contribution < 1.29 is 0 Å². The molecule has 0 spiro atoms. The minimum Gasteiger partial charge on any atom is -0.125 e. The van der Waals surface area contributed by atoms with Crippen LogP contribution in [0, 0.1) is 13.8 Å². The van der Waals surface area contributed by atoms with Crippen molar-refractivity contribution in [2.45, 2.75) is 31.6 Å². The highest BCUT2D eigenvalue weighted by Crippen LogP contribution is 2.40. The molecule has 0 amide bonds. The highest BCUT2D eigenvalue weighted by molar-refractivity contribution is 7.99. The van der Waals surface area contributed by atoms with E-state index in [1.165, 1.54) is 21.8 Å². The molecular formula is C11H14S. The lowest BCUT2D eigenvalue weighted by molar-refractivity contribution is 0.878. The Balaban J connectivity index is 2.56. The van der Waals surface area contributed by atoms with Crippen molar-refractivity contribution in [1.82, 2.24) is 0 Å². The second-order valence-electron chi connectivity index (χ2n) is 3.69. The van der Waals surface area contributed by atoms with Gasteiger partial charge in [-0.25, -0.2) is 0 Å². The largest absolute Gasteiger partial charge is 0.125 e. The van der Waals surface area contributed by atoms with E-state index < -0.39 is 0 Å². The fraction of sp³-hybridized carbons (Fsp3) is 0.455. The first-order chi connectivity index (χ1) is 5.68. The summed E-state index contributed by atoms with van der Waals surface area (Å²) in [6, 6.07) is 4.69. The van der Waals surface area contributed by atoms with Gasteiger partial charge in [-0.2, -0.15) is 0 Å². The fourth-order valence-electron chi connectivity index (χ4n) is 1.63. The van der Waals surface area contributed by atoms with E-state index in [4.69, 9.17) is 0 Å². The third-order valence-electron chi connectivity index (χ3n) is 2.65. The highest BCUT2D eigenvalue weighted by Gasteiger charge is 2.19.